The predicted molar refractivity (Wildman–Crippen MR) is 71.2 cm³/mol. The van der Waals surface area contributed by atoms with E-state index in [1.54, 1.807) is 20.8 Å². The summed E-state index contributed by atoms with van der Waals surface area (Å²) < 4.78 is 0. The zero-order valence-electron chi connectivity index (χ0n) is 11.5. The van der Waals surface area contributed by atoms with Crippen LogP contribution in [0.3, 0.4) is 0 Å². The van der Waals surface area contributed by atoms with E-state index in [0.29, 0.717) is 12.3 Å². The summed E-state index contributed by atoms with van der Waals surface area (Å²) in [6.45, 7) is 9.25. The molecule has 0 heterocycles. The van der Waals surface area contributed by atoms with Crippen LogP contribution < -0.4 is 0 Å². The van der Waals surface area contributed by atoms with Crippen molar-refractivity contribution < 1.29 is 10.2 Å². The topological polar surface area (TPSA) is 40.5 Å². The molecule has 0 aliphatic carbocycles. The van der Waals surface area contributed by atoms with Gasteiger partial charge in [0, 0.05) is 6.42 Å². The quantitative estimate of drug-likeness (QED) is 0.844. The first kappa shape index (κ1) is 14.2. The molecular weight excluding hydrogens is 212 g/mol. The zero-order chi connectivity index (χ0) is 13.3. The van der Waals surface area contributed by atoms with Crippen LogP contribution in [0.15, 0.2) is 24.3 Å². The Morgan fingerprint density at radius 3 is 2.06 bits per heavy atom. The highest BCUT2D eigenvalue weighted by atomic mass is 16.3. The molecule has 1 unspecified atom stereocenters. The summed E-state index contributed by atoms with van der Waals surface area (Å²) >= 11 is 0. The fourth-order valence-corrected chi connectivity index (χ4v) is 1.85. The Hall–Kier alpha value is -0.860. The summed E-state index contributed by atoms with van der Waals surface area (Å²) in [4.78, 5) is 0. The van der Waals surface area contributed by atoms with Gasteiger partial charge >= 0.3 is 0 Å². The highest BCUT2D eigenvalue weighted by Crippen LogP contribution is 2.29. The molecule has 0 aliphatic rings. The molecule has 0 bridgehead atoms. The Kier molecular flexibility index (Phi) is 4.00. The third kappa shape index (κ3) is 3.30. The smallest absolute Gasteiger partial charge is 0.0940 e. The van der Waals surface area contributed by atoms with E-state index in [1.807, 2.05) is 18.2 Å². The van der Waals surface area contributed by atoms with E-state index < -0.39 is 11.2 Å². The van der Waals surface area contributed by atoms with Gasteiger partial charge in [-0.15, -0.1) is 0 Å². The predicted octanol–water partition coefficient (Wildman–Crippen LogP) is 2.87. The van der Waals surface area contributed by atoms with Crippen molar-refractivity contribution in [3.8, 4) is 0 Å². The molecule has 0 radical (unpaired) electrons. The van der Waals surface area contributed by atoms with Crippen molar-refractivity contribution in [3.63, 3.8) is 0 Å². The molecule has 2 nitrogen and oxygen atoms in total. The summed E-state index contributed by atoms with van der Waals surface area (Å²) in [5.41, 5.74) is 0.0985. The Balaban J connectivity index is 3.04. The first-order valence-corrected chi connectivity index (χ1v) is 6.18. The van der Waals surface area contributed by atoms with Crippen LogP contribution >= 0.6 is 0 Å². The van der Waals surface area contributed by atoms with E-state index in [4.69, 9.17) is 0 Å². The highest BCUT2D eigenvalue weighted by Gasteiger charge is 2.37. The second-order valence-electron chi connectivity index (χ2n) is 5.86. The van der Waals surface area contributed by atoms with Gasteiger partial charge in [0.25, 0.3) is 0 Å². The van der Waals surface area contributed by atoms with Gasteiger partial charge in [-0.3, -0.25) is 0 Å². The van der Waals surface area contributed by atoms with Crippen LogP contribution in [0.5, 0.6) is 0 Å². The molecule has 0 spiro atoms. The summed E-state index contributed by atoms with van der Waals surface area (Å²) in [6.07, 6.45) is 0.463. The fraction of sp³-hybridized carbons (Fsp3) is 0.600. The van der Waals surface area contributed by atoms with E-state index in [2.05, 4.69) is 19.9 Å². The van der Waals surface area contributed by atoms with Crippen LogP contribution in [-0.4, -0.2) is 21.4 Å². The van der Waals surface area contributed by atoms with E-state index in [9.17, 15) is 10.2 Å². The van der Waals surface area contributed by atoms with Gasteiger partial charge in [-0.25, -0.2) is 0 Å². The van der Waals surface area contributed by atoms with Crippen molar-refractivity contribution >= 4 is 0 Å². The Morgan fingerprint density at radius 2 is 1.59 bits per heavy atom. The maximum Gasteiger partial charge on any atom is 0.0940 e. The first-order valence-electron chi connectivity index (χ1n) is 6.18. The Bertz CT molecular complexity index is 373. The molecule has 96 valence electrons. The van der Waals surface area contributed by atoms with E-state index in [1.165, 1.54) is 5.56 Å². The van der Waals surface area contributed by atoms with Gasteiger partial charge in [0.2, 0.25) is 0 Å². The second kappa shape index (κ2) is 4.79. The molecule has 0 aliphatic heterocycles. The van der Waals surface area contributed by atoms with Crippen LogP contribution in [0.1, 0.15) is 51.7 Å². The molecule has 0 saturated heterocycles. The van der Waals surface area contributed by atoms with Crippen LogP contribution in [0.4, 0.5) is 0 Å². The van der Waals surface area contributed by atoms with Crippen LogP contribution in [0.25, 0.3) is 0 Å². The number of aliphatic hydroxyl groups is 2. The number of hydrogen-bond donors (Lipinski definition) is 2. The summed E-state index contributed by atoms with van der Waals surface area (Å²) in [7, 11) is 0. The zero-order valence-corrected chi connectivity index (χ0v) is 11.5. The number of rotatable bonds is 4. The van der Waals surface area contributed by atoms with Crippen molar-refractivity contribution in [1.29, 1.82) is 0 Å². The van der Waals surface area contributed by atoms with Gasteiger partial charge < -0.3 is 10.2 Å². The molecule has 1 rings (SSSR count). The Labute approximate surface area is 104 Å². The summed E-state index contributed by atoms with van der Waals surface area (Å²) in [5.74, 6) is 0.420. The number of benzene rings is 1. The standard InChI is InChI=1S/C15H24O2/c1-11(2)13-9-7-6-8-12(13)10-15(5,17)14(3,4)16/h6-9,11,16-17H,10H2,1-5H3. The lowest BCUT2D eigenvalue weighted by Crippen LogP contribution is -2.49. The molecule has 1 aromatic carbocycles. The lowest BCUT2D eigenvalue weighted by molar-refractivity contribution is -0.119. The van der Waals surface area contributed by atoms with Crippen molar-refractivity contribution in [2.24, 2.45) is 0 Å². The molecule has 0 fully saturated rings. The Morgan fingerprint density at radius 1 is 1.06 bits per heavy atom. The molecular formula is C15H24O2. The maximum absolute atomic E-state index is 10.4. The lowest BCUT2D eigenvalue weighted by atomic mass is 9.80. The van der Waals surface area contributed by atoms with Crippen LogP contribution in [0.2, 0.25) is 0 Å². The van der Waals surface area contributed by atoms with Gasteiger partial charge in [0.05, 0.1) is 11.2 Å². The third-order valence-electron chi connectivity index (χ3n) is 3.53. The minimum Gasteiger partial charge on any atom is -0.387 e. The highest BCUT2D eigenvalue weighted by molar-refractivity contribution is 5.31. The van der Waals surface area contributed by atoms with Gasteiger partial charge in [-0.2, -0.15) is 0 Å². The minimum atomic E-state index is -1.13. The van der Waals surface area contributed by atoms with E-state index >= 15 is 0 Å². The van der Waals surface area contributed by atoms with Crippen molar-refractivity contribution in [2.75, 3.05) is 0 Å². The minimum absolute atomic E-state index is 0.420. The molecule has 0 amide bonds. The number of hydrogen-bond acceptors (Lipinski definition) is 2. The van der Waals surface area contributed by atoms with Crippen molar-refractivity contribution in [2.45, 2.75) is 58.2 Å². The maximum atomic E-state index is 10.4. The van der Waals surface area contributed by atoms with Gasteiger partial charge in [0.15, 0.2) is 0 Å². The average Bonchev–Trinajstić information content (AvgIpc) is 2.15. The first-order chi connectivity index (χ1) is 7.65. The van der Waals surface area contributed by atoms with Crippen LogP contribution in [0, 0.1) is 0 Å². The monoisotopic (exact) mass is 236 g/mol. The third-order valence-corrected chi connectivity index (χ3v) is 3.53. The van der Waals surface area contributed by atoms with Crippen molar-refractivity contribution in [1.82, 2.24) is 0 Å². The van der Waals surface area contributed by atoms with E-state index in [0.717, 1.165) is 5.56 Å². The normalized spacial score (nSPS) is 16.0. The summed E-state index contributed by atoms with van der Waals surface area (Å²) in [5, 5.41) is 20.3. The molecule has 2 N–H and O–H groups in total. The van der Waals surface area contributed by atoms with E-state index in [-0.39, 0.29) is 0 Å². The largest absolute Gasteiger partial charge is 0.387 e. The SMILES string of the molecule is CC(C)c1ccccc1CC(C)(O)C(C)(C)O. The fourth-order valence-electron chi connectivity index (χ4n) is 1.85. The van der Waals surface area contributed by atoms with Gasteiger partial charge in [-0.1, -0.05) is 38.1 Å². The van der Waals surface area contributed by atoms with Crippen LogP contribution in [-0.2, 0) is 6.42 Å². The molecule has 0 saturated carbocycles. The molecule has 0 aromatic heterocycles. The molecule has 1 atom stereocenters. The molecule has 1 aromatic rings. The average molecular weight is 236 g/mol. The summed E-state index contributed by atoms with van der Waals surface area (Å²) in [6, 6.07) is 8.09. The molecule has 17 heavy (non-hydrogen) atoms. The second-order valence-corrected chi connectivity index (χ2v) is 5.86. The van der Waals surface area contributed by atoms with Crippen molar-refractivity contribution in [3.05, 3.63) is 35.4 Å². The molecule has 2 heteroatoms. The van der Waals surface area contributed by atoms with Gasteiger partial charge in [-0.05, 0) is 37.8 Å². The van der Waals surface area contributed by atoms with Gasteiger partial charge in [0.1, 0.15) is 0 Å². The lowest BCUT2D eigenvalue weighted by Gasteiger charge is -2.36.